The van der Waals surface area contributed by atoms with Gasteiger partial charge >= 0.3 is 0 Å². The topological polar surface area (TPSA) is 64.9 Å². The number of benzene rings is 1. The van der Waals surface area contributed by atoms with Gasteiger partial charge in [-0.3, -0.25) is 4.79 Å². The number of hydrogen-bond donors (Lipinski definition) is 2. The van der Waals surface area contributed by atoms with Gasteiger partial charge in [0.2, 0.25) is 5.91 Å². The van der Waals surface area contributed by atoms with Crippen LogP contribution < -0.4 is 10.6 Å². The van der Waals surface area contributed by atoms with Crippen molar-refractivity contribution in [1.29, 1.82) is 5.26 Å². The van der Waals surface area contributed by atoms with Crippen LogP contribution in [0.15, 0.2) is 36.9 Å². The van der Waals surface area contributed by atoms with Gasteiger partial charge < -0.3 is 10.6 Å². The summed E-state index contributed by atoms with van der Waals surface area (Å²) < 4.78 is 0. The monoisotopic (exact) mass is 229 g/mol. The fraction of sp³-hybridized carbons (Fsp3) is 0.231. The second-order valence-corrected chi connectivity index (χ2v) is 3.46. The molecule has 0 aliphatic carbocycles. The molecule has 1 rings (SSSR count). The van der Waals surface area contributed by atoms with Crippen LogP contribution in [-0.2, 0) is 4.79 Å². The van der Waals surface area contributed by atoms with E-state index < -0.39 is 0 Å². The molecule has 0 bridgehead atoms. The largest absolute Gasteiger partial charge is 0.385 e. The first-order chi connectivity index (χ1) is 8.26. The number of carbonyl (C=O) groups excluding carboxylic acids is 1. The molecule has 0 saturated heterocycles. The minimum Gasteiger partial charge on any atom is -0.385 e. The summed E-state index contributed by atoms with van der Waals surface area (Å²) in [6.45, 7) is 4.58. The van der Waals surface area contributed by atoms with Gasteiger partial charge in [0.05, 0.1) is 11.6 Å². The molecule has 2 N–H and O–H groups in total. The third-order valence-electron chi connectivity index (χ3n) is 2.14. The molecule has 0 saturated carbocycles. The van der Waals surface area contributed by atoms with E-state index in [1.807, 2.05) is 12.1 Å². The molecule has 0 aliphatic rings. The highest BCUT2D eigenvalue weighted by atomic mass is 16.1. The number of nitrogens with zero attached hydrogens (tertiary/aromatic N) is 1. The molecule has 1 amide bonds. The Kier molecular flexibility index (Phi) is 5.32. The van der Waals surface area contributed by atoms with Crippen molar-refractivity contribution in [1.82, 2.24) is 5.32 Å². The minimum absolute atomic E-state index is 0.00829. The van der Waals surface area contributed by atoms with Crippen LogP contribution in [0.3, 0.4) is 0 Å². The number of amides is 1. The lowest BCUT2D eigenvalue weighted by Crippen LogP contribution is -2.25. The molecular weight excluding hydrogens is 214 g/mol. The van der Waals surface area contributed by atoms with Gasteiger partial charge in [-0.05, 0) is 24.3 Å². The van der Waals surface area contributed by atoms with Gasteiger partial charge in [-0.15, -0.1) is 6.58 Å². The van der Waals surface area contributed by atoms with Gasteiger partial charge in [-0.25, -0.2) is 0 Å². The maximum Gasteiger partial charge on any atom is 0.222 e. The van der Waals surface area contributed by atoms with Crippen LogP contribution in [0.1, 0.15) is 12.0 Å². The van der Waals surface area contributed by atoms with E-state index in [4.69, 9.17) is 5.26 Å². The number of hydrogen-bond acceptors (Lipinski definition) is 3. The molecule has 0 aliphatic heterocycles. The summed E-state index contributed by atoms with van der Waals surface area (Å²) in [6.07, 6.45) is 2.06. The van der Waals surface area contributed by atoms with E-state index in [2.05, 4.69) is 23.3 Å². The Morgan fingerprint density at radius 3 is 2.71 bits per heavy atom. The predicted octanol–water partition coefficient (Wildman–Crippen LogP) is 1.66. The molecule has 0 spiro atoms. The SMILES string of the molecule is C=CCNC(=O)CCNc1ccc(C#N)cc1. The third kappa shape index (κ3) is 4.85. The highest BCUT2D eigenvalue weighted by Gasteiger charge is 1.99. The molecule has 0 radical (unpaired) electrons. The molecule has 4 nitrogen and oxygen atoms in total. The minimum atomic E-state index is -0.00829. The lowest BCUT2D eigenvalue weighted by molar-refractivity contribution is -0.120. The summed E-state index contributed by atoms with van der Waals surface area (Å²) >= 11 is 0. The van der Waals surface area contributed by atoms with Gasteiger partial charge in [0, 0.05) is 25.2 Å². The van der Waals surface area contributed by atoms with Gasteiger partial charge in [-0.2, -0.15) is 5.26 Å². The van der Waals surface area contributed by atoms with E-state index in [0.29, 0.717) is 25.1 Å². The molecule has 0 unspecified atom stereocenters. The van der Waals surface area contributed by atoms with Crippen LogP contribution in [-0.4, -0.2) is 19.0 Å². The Bertz CT molecular complexity index is 417. The summed E-state index contributed by atoms with van der Waals surface area (Å²) in [5.74, 6) is -0.00829. The third-order valence-corrected chi connectivity index (χ3v) is 2.14. The Balaban J connectivity index is 2.28. The van der Waals surface area contributed by atoms with Crippen molar-refractivity contribution < 1.29 is 4.79 Å². The highest BCUT2D eigenvalue weighted by molar-refractivity contribution is 5.76. The van der Waals surface area contributed by atoms with Crippen molar-refractivity contribution in [3.63, 3.8) is 0 Å². The number of nitrogens with one attached hydrogen (secondary N) is 2. The summed E-state index contributed by atoms with van der Waals surface area (Å²) in [7, 11) is 0. The van der Waals surface area contributed by atoms with Gasteiger partial charge in [0.25, 0.3) is 0 Å². The Labute approximate surface area is 101 Å². The van der Waals surface area contributed by atoms with Crippen molar-refractivity contribution >= 4 is 11.6 Å². The van der Waals surface area contributed by atoms with Crippen molar-refractivity contribution in [3.8, 4) is 6.07 Å². The molecule has 1 aromatic carbocycles. The van der Waals surface area contributed by atoms with Crippen LogP contribution in [0.4, 0.5) is 5.69 Å². The Morgan fingerprint density at radius 2 is 2.12 bits per heavy atom. The average Bonchev–Trinajstić information content (AvgIpc) is 2.37. The van der Waals surface area contributed by atoms with Crippen LogP contribution in [0.25, 0.3) is 0 Å². The van der Waals surface area contributed by atoms with Gasteiger partial charge in [0.15, 0.2) is 0 Å². The van der Waals surface area contributed by atoms with Crippen LogP contribution >= 0.6 is 0 Å². The van der Waals surface area contributed by atoms with Crippen molar-refractivity contribution in [3.05, 3.63) is 42.5 Å². The average molecular weight is 229 g/mol. The number of carbonyl (C=O) groups is 1. The van der Waals surface area contributed by atoms with Gasteiger partial charge in [-0.1, -0.05) is 6.08 Å². The molecule has 0 fully saturated rings. The first-order valence-corrected chi connectivity index (χ1v) is 5.38. The summed E-state index contributed by atoms with van der Waals surface area (Å²) in [6, 6.07) is 9.16. The quantitative estimate of drug-likeness (QED) is 0.729. The number of nitriles is 1. The first-order valence-electron chi connectivity index (χ1n) is 5.38. The lowest BCUT2D eigenvalue weighted by atomic mass is 10.2. The summed E-state index contributed by atoms with van der Waals surface area (Å²) in [4.78, 5) is 11.3. The van der Waals surface area contributed by atoms with Crippen LogP contribution in [0.2, 0.25) is 0 Å². The molecule has 0 aromatic heterocycles. The predicted molar refractivity (Wildman–Crippen MR) is 67.5 cm³/mol. The van der Waals surface area contributed by atoms with Gasteiger partial charge in [0.1, 0.15) is 0 Å². The molecule has 1 aromatic rings. The van der Waals surface area contributed by atoms with E-state index in [9.17, 15) is 4.79 Å². The zero-order chi connectivity index (χ0) is 12.5. The van der Waals surface area contributed by atoms with Crippen LogP contribution in [0, 0.1) is 11.3 Å². The second-order valence-electron chi connectivity index (χ2n) is 3.46. The van der Waals surface area contributed by atoms with E-state index >= 15 is 0 Å². The maximum absolute atomic E-state index is 11.3. The highest BCUT2D eigenvalue weighted by Crippen LogP contribution is 2.08. The first kappa shape index (κ1) is 12.8. The van der Waals surface area contributed by atoms with E-state index in [1.54, 1.807) is 18.2 Å². The fourth-order valence-electron chi connectivity index (χ4n) is 1.26. The molecule has 88 valence electrons. The van der Waals surface area contributed by atoms with Crippen molar-refractivity contribution in [2.75, 3.05) is 18.4 Å². The summed E-state index contributed by atoms with van der Waals surface area (Å²) in [5.41, 5.74) is 1.53. The van der Waals surface area contributed by atoms with Crippen molar-refractivity contribution in [2.45, 2.75) is 6.42 Å². The second kappa shape index (κ2) is 7.07. The lowest BCUT2D eigenvalue weighted by Gasteiger charge is -2.06. The number of anilines is 1. The molecule has 0 atom stereocenters. The molecule has 0 heterocycles. The Morgan fingerprint density at radius 1 is 1.41 bits per heavy atom. The van der Waals surface area contributed by atoms with Crippen LogP contribution in [0.5, 0.6) is 0 Å². The molecular formula is C13H15N3O. The standard InChI is InChI=1S/C13H15N3O/c1-2-8-16-13(17)7-9-15-12-5-3-11(10-14)4-6-12/h2-6,15H,1,7-9H2,(H,16,17). The Hall–Kier alpha value is -2.28. The normalized spacial score (nSPS) is 9.12. The maximum atomic E-state index is 11.3. The van der Waals surface area contributed by atoms with E-state index in [0.717, 1.165) is 5.69 Å². The van der Waals surface area contributed by atoms with E-state index in [-0.39, 0.29) is 5.91 Å². The van der Waals surface area contributed by atoms with Crippen molar-refractivity contribution in [2.24, 2.45) is 0 Å². The van der Waals surface area contributed by atoms with E-state index in [1.165, 1.54) is 0 Å². The fourth-order valence-corrected chi connectivity index (χ4v) is 1.26. The molecule has 17 heavy (non-hydrogen) atoms. The number of rotatable bonds is 6. The smallest absolute Gasteiger partial charge is 0.222 e. The molecule has 4 heteroatoms. The summed E-state index contributed by atoms with van der Waals surface area (Å²) in [5, 5.41) is 14.4. The zero-order valence-corrected chi connectivity index (χ0v) is 9.57. The zero-order valence-electron chi connectivity index (χ0n) is 9.57.